The topological polar surface area (TPSA) is 32.3 Å². The molecule has 0 aliphatic heterocycles. The average Bonchev–Trinajstić information content (AvgIpc) is 2.09. The maximum atomic E-state index is 11.7. The van der Waals surface area contributed by atoms with Gasteiger partial charge >= 0.3 is 6.03 Å². The van der Waals surface area contributed by atoms with Crippen LogP contribution in [0.5, 0.6) is 0 Å². The number of rotatable bonds is 5. The Kier molecular flexibility index (Phi) is 6.34. The van der Waals surface area contributed by atoms with Crippen LogP contribution in [0.2, 0.25) is 0 Å². The highest BCUT2D eigenvalue weighted by molar-refractivity contribution is 5.74. The van der Waals surface area contributed by atoms with E-state index in [9.17, 15) is 4.79 Å². The molecule has 0 saturated carbocycles. The molecule has 0 fully saturated rings. The SMILES string of the molecule is CCCNC(=O)N(CC(C)C)C(C)C. The summed E-state index contributed by atoms with van der Waals surface area (Å²) in [4.78, 5) is 13.6. The molecule has 0 rings (SSSR count). The monoisotopic (exact) mass is 200 g/mol. The van der Waals surface area contributed by atoms with Gasteiger partial charge in [0.25, 0.3) is 0 Å². The molecule has 0 atom stereocenters. The van der Waals surface area contributed by atoms with Crippen molar-refractivity contribution in [3.63, 3.8) is 0 Å². The molecule has 0 spiro atoms. The molecule has 0 aromatic carbocycles. The standard InChI is InChI=1S/C11H24N2O/c1-6-7-12-11(14)13(10(4)5)8-9(2)3/h9-10H,6-8H2,1-5H3,(H,12,14). The molecule has 84 valence electrons. The molecule has 0 aliphatic rings. The van der Waals surface area contributed by atoms with Crippen molar-refractivity contribution in [2.45, 2.75) is 47.1 Å². The molecule has 1 N–H and O–H groups in total. The summed E-state index contributed by atoms with van der Waals surface area (Å²) in [6, 6.07) is 0.338. The quantitative estimate of drug-likeness (QED) is 0.726. The molecule has 0 bridgehead atoms. The lowest BCUT2D eigenvalue weighted by atomic mass is 10.2. The molecule has 0 radical (unpaired) electrons. The minimum atomic E-state index is 0.0653. The first-order chi connectivity index (χ1) is 6.49. The summed E-state index contributed by atoms with van der Waals surface area (Å²) in [5.41, 5.74) is 0. The minimum absolute atomic E-state index is 0.0653. The second-order valence-electron chi connectivity index (χ2n) is 4.37. The third-order valence-electron chi connectivity index (χ3n) is 1.97. The van der Waals surface area contributed by atoms with Gasteiger partial charge in [0.15, 0.2) is 0 Å². The minimum Gasteiger partial charge on any atom is -0.338 e. The largest absolute Gasteiger partial charge is 0.338 e. The second kappa shape index (κ2) is 6.68. The van der Waals surface area contributed by atoms with Crippen LogP contribution in [0.3, 0.4) is 0 Å². The number of amides is 2. The van der Waals surface area contributed by atoms with Crippen LogP contribution >= 0.6 is 0 Å². The first kappa shape index (κ1) is 13.3. The van der Waals surface area contributed by atoms with E-state index in [4.69, 9.17) is 0 Å². The molecule has 0 saturated heterocycles. The van der Waals surface area contributed by atoms with E-state index in [1.807, 2.05) is 18.7 Å². The Morgan fingerprint density at radius 2 is 1.86 bits per heavy atom. The van der Waals surface area contributed by atoms with Crippen LogP contribution in [0.1, 0.15) is 41.0 Å². The summed E-state index contributed by atoms with van der Waals surface area (Å²) >= 11 is 0. The van der Waals surface area contributed by atoms with E-state index in [0.29, 0.717) is 5.92 Å². The van der Waals surface area contributed by atoms with Crippen LogP contribution in [0.25, 0.3) is 0 Å². The van der Waals surface area contributed by atoms with Crippen molar-refractivity contribution < 1.29 is 4.79 Å². The first-order valence-electron chi connectivity index (χ1n) is 5.53. The number of carbonyl (C=O) groups is 1. The average molecular weight is 200 g/mol. The van der Waals surface area contributed by atoms with E-state index in [1.165, 1.54) is 0 Å². The Balaban J connectivity index is 4.12. The van der Waals surface area contributed by atoms with Crippen LogP contribution in [0.4, 0.5) is 4.79 Å². The van der Waals surface area contributed by atoms with Gasteiger partial charge in [0.05, 0.1) is 0 Å². The zero-order valence-electron chi connectivity index (χ0n) is 10.1. The van der Waals surface area contributed by atoms with E-state index in [2.05, 4.69) is 26.1 Å². The van der Waals surface area contributed by atoms with E-state index < -0.39 is 0 Å². The Morgan fingerprint density at radius 3 is 2.21 bits per heavy atom. The van der Waals surface area contributed by atoms with E-state index >= 15 is 0 Å². The molecular formula is C11H24N2O. The summed E-state index contributed by atoms with van der Waals surface area (Å²) < 4.78 is 0. The molecule has 0 aliphatic carbocycles. The highest BCUT2D eigenvalue weighted by Gasteiger charge is 2.16. The lowest BCUT2D eigenvalue weighted by Crippen LogP contribution is -2.45. The summed E-state index contributed by atoms with van der Waals surface area (Å²) in [6.07, 6.45) is 0.985. The van der Waals surface area contributed by atoms with Gasteiger partial charge in [0.2, 0.25) is 0 Å². The van der Waals surface area contributed by atoms with Gasteiger partial charge in [0.1, 0.15) is 0 Å². The summed E-state index contributed by atoms with van der Waals surface area (Å²) in [5.74, 6) is 0.518. The Bertz CT molecular complexity index is 167. The van der Waals surface area contributed by atoms with E-state index in [-0.39, 0.29) is 12.1 Å². The zero-order chi connectivity index (χ0) is 11.1. The molecule has 2 amide bonds. The van der Waals surface area contributed by atoms with Crippen LogP contribution < -0.4 is 5.32 Å². The van der Waals surface area contributed by atoms with Crippen molar-refractivity contribution >= 4 is 6.03 Å². The first-order valence-corrected chi connectivity index (χ1v) is 5.53. The lowest BCUT2D eigenvalue weighted by molar-refractivity contribution is 0.175. The number of nitrogens with one attached hydrogen (secondary N) is 1. The number of hydrogen-bond donors (Lipinski definition) is 1. The highest BCUT2D eigenvalue weighted by Crippen LogP contribution is 2.04. The number of urea groups is 1. The van der Waals surface area contributed by atoms with Gasteiger partial charge in [-0.25, -0.2) is 4.79 Å². The van der Waals surface area contributed by atoms with Crippen molar-refractivity contribution in [2.24, 2.45) is 5.92 Å². The maximum Gasteiger partial charge on any atom is 0.317 e. The summed E-state index contributed by atoms with van der Waals surface area (Å²) in [5, 5.41) is 2.91. The van der Waals surface area contributed by atoms with Crippen molar-refractivity contribution in [2.75, 3.05) is 13.1 Å². The summed E-state index contributed by atoms with van der Waals surface area (Å²) in [6.45, 7) is 12.0. The van der Waals surface area contributed by atoms with Crippen LogP contribution in [0.15, 0.2) is 0 Å². The molecule has 0 unspecified atom stereocenters. The molecule has 0 heterocycles. The van der Waals surface area contributed by atoms with Crippen molar-refractivity contribution in [1.82, 2.24) is 10.2 Å². The van der Waals surface area contributed by atoms with Gasteiger partial charge in [0, 0.05) is 19.1 Å². The molecule has 3 nitrogen and oxygen atoms in total. The predicted molar refractivity (Wildman–Crippen MR) is 60.4 cm³/mol. The number of nitrogens with zero attached hydrogens (tertiary/aromatic N) is 1. The Hall–Kier alpha value is -0.730. The fourth-order valence-corrected chi connectivity index (χ4v) is 1.26. The van der Waals surface area contributed by atoms with Gasteiger partial charge in [-0.2, -0.15) is 0 Å². The Morgan fingerprint density at radius 1 is 1.29 bits per heavy atom. The molecule has 14 heavy (non-hydrogen) atoms. The third-order valence-corrected chi connectivity index (χ3v) is 1.97. The van der Waals surface area contributed by atoms with Gasteiger partial charge in [-0.15, -0.1) is 0 Å². The van der Waals surface area contributed by atoms with Crippen LogP contribution in [-0.4, -0.2) is 30.1 Å². The maximum absolute atomic E-state index is 11.7. The van der Waals surface area contributed by atoms with E-state index in [0.717, 1.165) is 19.5 Å². The molecule has 0 aromatic rings. The fourth-order valence-electron chi connectivity index (χ4n) is 1.26. The second-order valence-corrected chi connectivity index (χ2v) is 4.37. The van der Waals surface area contributed by atoms with Crippen molar-refractivity contribution in [3.05, 3.63) is 0 Å². The van der Waals surface area contributed by atoms with Gasteiger partial charge in [-0.05, 0) is 26.2 Å². The Labute approximate surface area is 87.9 Å². The van der Waals surface area contributed by atoms with Crippen LogP contribution in [0, 0.1) is 5.92 Å². The van der Waals surface area contributed by atoms with Crippen molar-refractivity contribution in [3.8, 4) is 0 Å². The predicted octanol–water partition coefficient (Wildman–Crippen LogP) is 2.47. The molecule has 3 heteroatoms. The van der Waals surface area contributed by atoms with Gasteiger partial charge < -0.3 is 10.2 Å². The van der Waals surface area contributed by atoms with Crippen molar-refractivity contribution in [1.29, 1.82) is 0 Å². The third kappa shape index (κ3) is 5.10. The highest BCUT2D eigenvalue weighted by atomic mass is 16.2. The number of hydrogen-bond acceptors (Lipinski definition) is 1. The van der Waals surface area contributed by atoms with Gasteiger partial charge in [-0.3, -0.25) is 0 Å². The normalized spacial score (nSPS) is 10.8. The molecule has 0 aromatic heterocycles. The number of carbonyl (C=O) groups excluding carboxylic acids is 1. The van der Waals surface area contributed by atoms with E-state index in [1.54, 1.807) is 0 Å². The molecular weight excluding hydrogens is 176 g/mol. The van der Waals surface area contributed by atoms with Gasteiger partial charge in [-0.1, -0.05) is 20.8 Å². The summed E-state index contributed by atoms with van der Waals surface area (Å²) in [7, 11) is 0. The zero-order valence-corrected chi connectivity index (χ0v) is 10.1. The smallest absolute Gasteiger partial charge is 0.317 e. The van der Waals surface area contributed by atoms with Crippen LogP contribution in [-0.2, 0) is 0 Å². The fraction of sp³-hybridized carbons (Fsp3) is 0.909. The lowest BCUT2D eigenvalue weighted by Gasteiger charge is -2.28.